The molecule has 0 bridgehead atoms. The smallest absolute Gasteiger partial charge is 0.373 e. The van der Waals surface area contributed by atoms with Crippen molar-refractivity contribution in [1.82, 2.24) is 10.3 Å². The molecule has 3 rings (SSSR count). The minimum Gasteiger partial charge on any atom is -0.373 e. The summed E-state index contributed by atoms with van der Waals surface area (Å²) in [7, 11) is 0. The Morgan fingerprint density at radius 1 is 1.31 bits per heavy atom. The van der Waals surface area contributed by atoms with E-state index in [2.05, 4.69) is 32.9 Å². The van der Waals surface area contributed by atoms with E-state index >= 15 is 0 Å². The van der Waals surface area contributed by atoms with Crippen LogP contribution in [0.25, 0.3) is 0 Å². The number of anilines is 1. The van der Waals surface area contributed by atoms with Gasteiger partial charge >= 0.3 is 6.18 Å². The summed E-state index contributed by atoms with van der Waals surface area (Å²) in [5.74, 6) is 0.469. The van der Waals surface area contributed by atoms with E-state index in [1.165, 1.54) is 30.7 Å². The van der Waals surface area contributed by atoms with Crippen molar-refractivity contribution in [1.29, 1.82) is 5.53 Å². The summed E-state index contributed by atoms with van der Waals surface area (Å²) < 4.78 is 37.1. The number of alkyl halides is 3. The molecule has 2 aromatic rings. The number of hydrogen-bond acceptors (Lipinski definition) is 5. The molecular formula is C20H22F3N5O. The van der Waals surface area contributed by atoms with Gasteiger partial charge in [-0.1, -0.05) is 24.3 Å². The Morgan fingerprint density at radius 2 is 2.00 bits per heavy atom. The minimum atomic E-state index is -4.39. The van der Waals surface area contributed by atoms with Crippen LogP contribution in [0.2, 0.25) is 0 Å². The minimum absolute atomic E-state index is 0.00959. The predicted octanol–water partition coefficient (Wildman–Crippen LogP) is 5.02. The van der Waals surface area contributed by atoms with Crippen LogP contribution in [-0.2, 0) is 11.2 Å². The maximum Gasteiger partial charge on any atom is 0.405 e. The van der Waals surface area contributed by atoms with E-state index in [0.717, 1.165) is 5.56 Å². The summed E-state index contributed by atoms with van der Waals surface area (Å²) in [6.07, 6.45) is -0.539. The zero-order valence-corrected chi connectivity index (χ0v) is 15.9. The molecule has 29 heavy (non-hydrogen) atoms. The fourth-order valence-corrected chi connectivity index (χ4v) is 3.00. The number of hydrogen-bond donors (Lipinski definition) is 3. The van der Waals surface area contributed by atoms with Crippen LogP contribution in [0.3, 0.4) is 0 Å². The highest BCUT2D eigenvalue weighted by atomic mass is 19.4. The fourth-order valence-electron chi connectivity index (χ4n) is 3.00. The molecular weight excluding hydrogens is 383 g/mol. The molecule has 1 atom stereocenters. The number of carbonyl (C=O) groups is 1. The predicted molar refractivity (Wildman–Crippen MR) is 102 cm³/mol. The average Bonchev–Trinajstić information content (AvgIpc) is 3.51. The highest BCUT2D eigenvalue weighted by Gasteiger charge is 2.27. The summed E-state index contributed by atoms with van der Waals surface area (Å²) >= 11 is 0. The average molecular weight is 405 g/mol. The van der Waals surface area contributed by atoms with E-state index in [0.29, 0.717) is 11.6 Å². The van der Waals surface area contributed by atoms with Crippen molar-refractivity contribution in [3.8, 4) is 0 Å². The van der Waals surface area contributed by atoms with Gasteiger partial charge in [0.05, 0.1) is 30.0 Å². The second-order valence-corrected chi connectivity index (χ2v) is 7.19. The van der Waals surface area contributed by atoms with Gasteiger partial charge in [0.15, 0.2) is 0 Å². The zero-order valence-electron chi connectivity index (χ0n) is 15.9. The molecule has 0 saturated heterocycles. The Bertz CT molecular complexity index is 879. The Balaban J connectivity index is 1.59. The van der Waals surface area contributed by atoms with Gasteiger partial charge in [-0.05, 0) is 42.9 Å². The monoisotopic (exact) mass is 405 g/mol. The van der Waals surface area contributed by atoms with Crippen LogP contribution in [0.4, 0.5) is 24.5 Å². The van der Waals surface area contributed by atoms with Crippen molar-refractivity contribution < 1.29 is 18.0 Å². The highest BCUT2D eigenvalue weighted by molar-refractivity contribution is 5.79. The number of pyridine rings is 1. The first-order valence-corrected chi connectivity index (χ1v) is 9.31. The van der Waals surface area contributed by atoms with Gasteiger partial charge in [0.2, 0.25) is 5.91 Å². The first-order valence-electron chi connectivity index (χ1n) is 9.31. The molecule has 1 fully saturated rings. The van der Waals surface area contributed by atoms with Crippen molar-refractivity contribution in [3.63, 3.8) is 0 Å². The van der Waals surface area contributed by atoms with Gasteiger partial charge in [-0.25, -0.2) is 5.53 Å². The van der Waals surface area contributed by atoms with E-state index in [1.807, 2.05) is 12.1 Å². The molecule has 0 aliphatic heterocycles. The summed E-state index contributed by atoms with van der Waals surface area (Å²) in [4.78, 5) is 16.4. The van der Waals surface area contributed by atoms with E-state index in [-0.39, 0.29) is 23.7 Å². The number of benzene rings is 1. The van der Waals surface area contributed by atoms with Gasteiger partial charge in [0.25, 0.3) is 0 Å². The van der Waals surface area contributed by atoms with E-state index in [4.69, 9.17) is 5.53 Å². The number of carbonyl (C=O) groups excluding carboxylic acids is 1. The third-order valence-electron chi connectivity index (χ3n) is 4.72. The second-order valence-electron chi connectivity index (χ2n) is 7.19. The highest BCUT2D eigenvalue weighted by Crippen LogP contribution is 2.39. The van der Waals surface area contributed by atoms with Gasteiger partial charge in [0.1, 0.15) is 12.2 Å². The van der Waals surface area contributed by atoms with E-state index < -0.39 is 18.8 Å². The van der Waals surface area contributed by atoms with Crippen LogP contribution >= 0.6 is 0 Å². The lowest BCUT2D eigenvalue weighted by Gasteiger charge is -2.16. The third-order valence-corrected chi connectivity index (χ3v) is 4.72. The molecule has 1 amide bonds. The lowest BCUT2D eigenvalue weighted by molar-refractivity contribution is -0.121. The number of amides is 1. The molecule has 1 aliphatic carbocycles. The maximum atomic E-state index is 12.4. The van der Waals surface area contributed by atoms with Crippen molar-refractivity contribution in [2.45, 2.75) is 44.3 Å². The maximum absolute atomic E-state index is 12.4. The Hall–Kier alpha value is -2.97. The second kappa shape index (κ2) is 8.59. The van der Waals surface area contributed by atoms with Gasteiger partial charge < -0.3 is 10.6 Å². The van der Waals surface area contributed by atoms with Gasteiger partial charge in [-0.2, -0.15) is 18.3 Å². The SMILES string of the molecule is C[C@@H](NC(=O)Cc1ccc(C2CC2)cc1)c1cc(N=N)c(NCC(F)(F)F)cn1. The largest absolute Gasteiger partial charge is 0.405 e. The Morgan fingerprint density at radius 3 is 2.59 bits per heavy atom. The van der Waals surface area contributed by atoms with Crippen molar-refractivity contribution in [2.24, 2.45) is 5.11 Å². The number of nitrogens with zero attached hydrogens (tertiary/aromatic N) is 2. The summed E-state index contributed by atoms with van der Waals surface area (Å²) in [6.45, 7) is 0.468. The number of aromatic nitrogens is 1. The number of halogens is 3. The van der Waals surface area contributed by atoms with Crippen molar-refractivity contribution in [2.75, 3.05) is 11.9 Å². The topological polar surface area (TPSA) is 90.2 Å². The number of nitrogens with one attached hydrogen (secondary N) is 3. The summed E-state index contributed by atoms with van der Waals surface area (Å²) in [5.41, 5.74) is 9.84. The normalized spacial score (nSPS) is 14.9. The van der Waals surface area contributed by atoms with Crippen LogP contribution in [0, 0.1) is 5.53 Å². The third kappa shape index (κ3) is 6.00. The summed E-state index contributed by atoms with van der Waals surface area (Å²) in [5, 5.41) is 8.24. The van der Waals surface area contributed by atoms with Crippen LogP contribution in [0.1, 0.15) is 48.5 Å². The molecule has 1 aromatic carbocycles. The van der Waals surface area contributed by atoms with Crippen LogP contribution < -0.4 is 10.6 Å². The summed E-state index contributed by atoms with van der Waals surface area (Å²) in [6, 6.07) is 8.93. The van der Waals surface area contributed by atoms with Gasteiger partial charge in [-0.15, -0.1) is 0 Å². The lowest BCUT2D eigenvalue weighted by atomic mass is 10.1. The van der Waals surface area contributed by atoms with Crippen LogP contribution in [-0.4, -0.2) is 23.6 Å². The number of rotatable bonds is 8. The molecule has 154 valence electrons. The van der Waals surface area contributed by atoms with Gasteiger partial charge in [0, 0.05) is 0 Å². The van der Waals surface area contributed by atoms with E-state index in [9.17, 15) is 18.0 Å². The fraction of sp³-hybridized carbons (Fsp3) is 0.400. The quantitative estimate of drug-likeness (QED) is 0.539. The van der Waals surface area contributed by atoms with Crippen LogP contribution in [0.5, 0.6) is 0 Å². The Kier molecular flexibility index (Phi) is 6.14. The molecule has 1 aromatic heterocycles. The molecule has 9 heteroatoms. The molecule has 1 heterocycles. The molecule has 0 spiro atoms. The first kappa shape index (κ1) is 20.8. The standard InChI is InChI=1S/C20H22F3N5O/c1-12(16-9-17(28-24)18(10-25-16)26-11-20(21,22)23)27-19(29)8-13-2-4-14(5-3-13)15-6-7-15/h2-5,9-10,12,15,24,26H,6-8,11H2,1H3,(H,27,29)/t12-/m1/s1. The molecule has 0 radical (unpaired) electrons. The molecule has 1 aliphatic rings. The molecule has 0 unspecified atom stereocenters. The van der Waals surface area contributed by atoms with Crippen LogP contribution in [0.15, 0.2) is 41.6 Å². The molecule has 6 nitrogen and oxygen atoms in total. The Labute approximate surface area is 166 Å². The zero-order chi connectivity index (χ0) is 21.0. The molecule has 1 saturated carbocycles. The molecule has 3 N–H and O–H groups in total. The van der Waals surface area contributed by atoms with E-state index in [1.54, 1.807) is 6.92 Å². The van der Waals surface area contributed by atoms with Gasteiger partial charge in [-0.3, -0.25) is 9.78 Å². The lowest BCUT2D eigenvalue weighted by Crippen LogP contribution is -2.28. The van der Waals surface area contributed by atoms with Crippen molar-refractivity contribution in [3.05, 3.63) is 53.3 Å². The first-order chi connectivity index (χ1) is 13.7. The van der Waals surface area contributed by atoms with Crippen molar-refractivity contribution >= 4 is 17.3 Å².